The lowest BCUT2D eigenvalue weighted by atomic mass is 10.2. The number of aldehydes is 1. The molecule has 0 unspecified atom stereocenters. The first kappa shape index (κ1) is 13.8. The Hall–Kier alpha value is -1.61. The summed E-state index contributed by atoms with van der Waals surface area (Å²) >= 11 is 0. The third kappa shape index (κ3) is 3.04. The van der Waals surface area contributed by atoms with Gasteiger partial charge in [-0.1, -0.05) is 38.5 Å². The van der Waals surface area contributed by atoms with Crippen LogP contribution in [-0.2, 0) is 6.67 Å². The van der Waals surface area contributed by atoms with Gasteiger partial charge in [0.1, 0.15) is 0 Å². The number of rotatable bonds is 7. The Bertz CT molecular complexity index is 545. The molecule has 0 bridgehead atoms. The van der Waals surface area contributed by atoms with Crippen LogP contribution in [0.15, 0.2) is 30.5 Å². The van der Waals surface area contributed by atoms with Gasteiger partial charge in [0.15, 0.2) is 6.29 Å². The second kappa shape index (κ2) is 6.53. The molecule has 2 aromatic rings. The van der Waals surface area contributed by atoms with Gasteiger partial charge in [0.25, 0.3) is 0 Å². The van der Waals surface area contributed by atoms with Crippen LogP contribution < -0.4 is 0 Å². The average molecular weight is 258 g/mol. The summed E-state index contributed by atoms with van der Waals surface area (Å²) in [5.41, 5.74) is 1.92. The highest BCUT2D eigenvalue weighted by Crippen LogP contribution is 2.20. The highest BCUT2D eigenvalue weighted by atomic mass is 16.1. The van der Waals surface area contributed by atoms with Crippen LogP contribution in [0.25, 0.3) is 10.9 Å². The van der Waals surface area contributed by atoms with E-state index in [9.17, 15) is 4.79 Å². The van der Waals surface area contributed by atoms with Crippen molar-refractivity contribution in [2.24, 2.45) is 0 Å². The Morgan fingerprint density at radius 3 is 2.74 bits per heavy atom. The highest BCUT2D eigenvalue weighted by molar-refractivity contribution is 5.97. The largest absolute Gasteiger partial charge is 0.333 e. The van der Waals surface area contributed by atoms with Crippen LogP contribution in [0.2, 0.25) is 0 Å². The average Bonchev–Trinajstić information content (AvgIpc) is 2.81. The zero-order chi connectivity index (χ0) is 13.7. The van der Waals surface area contributed by atoms with E-state index in [2.05, 4.69) is 29.4 Å². The second-order valence-electron chi connectivity index (χ2n) is 4.89. The summed E-state index contributed by atoms with van der Waals surface area (Å²) in [5.74, 6) is 0. The van der Waals surface area contributed by atoms with Crippen molar-refractivity contribution in [1.29, 1.82) is 0 Å². The molecule has 0 spiro atoms. The number of hydrogen-bond acceptors (Lipinski definition) is 2. The summed E-state index contributed by atoms with van der Waals surface area (Å²) < 4.78 is 2.18. The molecular formula is C16H22N2O. The van der Waals surface area contributed by atoms with Crippen molar-refractivity contribution < 1.29 is 4.79 Å². The predicted molar refractivity (Wildman–Crippen MR) is 79.5 cm³/mol. The van der Waals surface area contributed by atoms with Gasteiger partial charge in [-0.05, 0) is 25.6 Å². The minimum atomic E-state index is 0.780. The summed E-state index contributed by atoms with van der Waals surface area (Å²) in [5, 5.41) is 1.05. The van der Waals surface area contributed by atoms with Crippen LogP contribution in [0.5, 0.6) is 0 Å². The Labute approximate surface area is 114 Å². The molecule has 2 rings (SSSR count). The molecule has 1 aromatic carbocycles. The number of nitrogens with zero attached hydrogens (tertiary/aromatic N) is 2. The van der Waals surface area contributed by atoms with Gasteiger partial charge in [0, 0.05) is 22.7 Å². The highest BCUT2D eigenvalue weighted by Gasteiger charge is 2.09. The Morgan fingerprint density at radius 2 is 2.05 bits per heavy atom. The van der Waals surface area contributed by atoms with Crippen molar-refractivity contribution in [2.75, 3.05) is 13.1 Å². The third-order valence-corrected chi connectivity index (χ3v) is 3.57. The van der Waals surface area contributed by atoms with E-state index in [1.54, 1.807) is 0 Å². The van der Waals surface area contributed by atoms with Crippen LogP contribution >= 0.6 is 0 Å². The number of unbranched alkanes of at least 4 members (excludes halogenated alkanes) is 1. The van der Waals surface area contributed by atoms with E-state index in [0.717, 1.165) is 42.5 Å². The van der Waals surface area contributed by atoms with Crippen LogP contribution in [-0.4, -0.2) is 28.8 Å². The van der Waals surface area contributed by atoms with E-state index in [1.807, 2.05) is 24.4 Å². The molecule has 1 aromatic heterocycles. The number of fused-ring (bicyclic) bond motifs is 1. The molecule has 102 valence electrons. The normalized spacial score (nSPS) is 11.3. The zero-order valence-corrected chi connectivity index (χ0v) is 11.8. The maximum atomic E-state index is 11.1. The van der Waals surface area contributed by atoms with Crippen molar-refractivity contribution in [3.63, 3.8) is 0 Å². The van der Waals surface area contributed by atoms with Gasteiger partial charge in [0.05, 0.1) is 6.67 Å². The molecule has 0 aliphatic rings. The molecule has 0 radical (unpaired) electrons. The minimum Gasteiger partial charge on any atom is -0.333 e. The van der Waals surface area contributed by atoms with Crippen molar-refractivity contribution in [1.82, 2.24) is 9.47 Å². The predicted octanol–water partition coefficient (Wildman–Crippen LogP) is 3.53. The van der Waals surface area contributed by atoms with E-state index in [4.69, 9.17) is 0 Å². The number of hydrogen-bond donors (Lipinski definition) is 0. The number of aromatic nitrogens is 1. The molecule has 0 N–H and O–H groups in total. The first-order valence-electron chi connectivity index (χ1n) is 7.05. The summed E-state index contributed by atoms with van der Waals surface area (Å²) in [4.78, 5) is 13.5. The monoisotopic (exact) mass is 258 g/mol. The quantitative estimate of drug-likeness (QED) is 0.710. The molecule has 3 nitrogen and oxygen atoms in total. The lowest BCUT2D eigenvalue weighted by Gasteiger charge is -2.21. The minimum absolute atomic E-state index is 0.780. The smallest absolute Gasteiger partial charge is 0.152 e. The molecule has 0 aliphatic carbocycles. The Kier molecular flexibility index (Phi) is 4.74. The fraction of sp³-hybridized carbons (Fsp3) is 0.438. The van der Waals surface area contributed by atoms with Gasteiger partial charge in [-0.3, -0.25) is 9.69 Å². The van der Waals surface area contributed by atoms with Crippen molar-refractivity contribution in [2.45, 2.75) is 33.4 Å². The standard InChI is InChI=1S/C16H22N2O/c1-3-5-10-17(4-2)13-18-11-14(12-19)15-8-6-7-9-16(15)18/h6-9,11-12H,3-5,10,13H2,1-2H3. The topological polar surface area (TPSA) is 25.2 Å². The van der Waals surface area contributed by atoms with Crippen LogP contribution in [0.1, 0.15) is 37.0 Å². The van der Waals surface area contributed by atoms with Crippen LogP contribution in [0, 0.1) is 0 Å². The number of para-hydroxylation sites is 1. The van der Waals surface area contributed by atoms with E-state index in [-0.39, 0.29) is 0 Å². The fourth-order valence-electron chi connectivity index (χ4n) is 2.41. The second-order valence-corrected chi connectivity index (χ2v) is 4.89. The van der Waals surface area contributed by atoms with Gasteiger partial charge >= 0.3 is 0 Å². The van der Waals surface area contributed by atoms with Crippen LogP contribution in [0.3, 0.4) is 0 Å². The van der Waals surface area contributed by atoms with Gasteiger partial charge in [-0.2, -0.15) is 0 Å². The van der Waals surface area contributed by atoms with Crippen molar-refractivity contribution in [3.05, 3.63) is 36.0 Å². The molecule has 0 aliphatic heterocycles. The molecule has 19 heavy (non-hydrogen) atoms. The maximum absolute atomic E-state index is 11.1. The molecular weight excluding hydrogens is 236 g/mol. The summed E-state index contributed by atoms with van der Waals surface area (Å²) in [6.07, 6.45) is 5.34. The summed E-state index contributed by atoms with van der Waals surface area (Å²) in [6.45, 7) is 7.38. The molecule has 0 saturated heterocycles. The Balaban J connectivity index is 2.26. The van der Waals surface area contributed by atoms with Gasteiger partial charge in [-0.15, -0.1) is 0 Å². The third-order valence-electron chi connectivity index (χ3n) is 3.57. The van der Waals surface area contributed by atoms with Crippen LogP contribution in [0.4, 0.5) is 0 Å². The zero-order valence-electron chi connectivity index (χ0n) is 11.8. The number of benzene rings is 1. The van der Waals surface area contributed by atoms with E-state index < -0.39 is 0 Å². The van der Waals surface area contributed by atoms with Crippen molar-refractivity contribution >= 4 is 17.2 Å². The molecule has 0 fully saturated rings. The lowest BCUT2D eigenvalue weighted by Crippen LogP contribution is -2.26. The van der Waals surface area contributed by atoms with Gasteiger partial charge in [0.2, 0.25) is 0 Å². The van der Waals surface area contributed by atoms with Crippen molar-refractivity contribution in [3.8, 4) is 0 Å². The van der Waals surface area contributed by atoms with Gasteiger partial charge in [-0.25, -0.2) is 0 Å². The van der Waals surface area contributed by atoms with Gasteiger partial charge < -0.3 is 4.57 Å². The molecule has 3 heteroatoms. The van der Waals surface area contributed by atoms with E-state index in [0.29, 0.717) is 0 Å². The number of carbonyl (C=O) groups is 1. The van der Waals surface area contributed by atoms with E-state index >= 15 is 0 Å². The SMILES string of the molecule is CCCCN(CC)Cn1cc(C=O)c2ccccc21. The Morgan fingerprint density at radius 1 is 1.26 bits per heavy atom. The molecule has 1 heterocycles. The van der Waals surface area contributed by atoms with E-state index in [1.165, 1.54) is 12.8 Å². The summed E-state index contributed by atoms with van der Waals surface area (Å²) in [7, 11) is 0. The molecule has 0 saturated carbocycles. The number of carbonyl (C=O) groups excluding carboxylic acids is 1. The lowest BCUT2D eigenvalue weighted by molar-refractivity contribution is 0.112. The first-order chi connectivity index (χ1) is 9.30. The fourth-order valence-corrected chi connectivity index (χ4v) is 2.41. The maximum Gasteiger partial charge on any atom is 0.152 e. The first-order valence-corrected chi connectivity index (χ1v) is 7.05. The molecule has 0 amide bonds. The summed E-state index contributed by atoms with van der Waals surface area (Å²) in [6, 6.07) is 8.10. The molecule has 0 atom stereocenters.